The van der Waals surface area contributed by atoms with E-state index in [1.54, 1.807) is 0 Å². The van der Waals surface area contributed by atoms with Crippen molar-refractivity contribution in [2.24, 2.45) is 5.41 Å². The van der Waals surface area contributed by atoms with Crippen LogP contribution in [0.15, 0.2) is 24.3 Å². The molecular weight excluding hydrogens is 348 g/mol. The lowest BCUT2D eigenvalue weighted by Crippen LogP contribution is -2.47. The van der Waals surface area contributed by atoms with Crippen molar-refractivity contribution >= 4 is 5.91 Å². The van der Waals surface area contributed by atoms with Crippen molar-refractivity contribution in [1.29, 1.82) is 0 Å². The molecule has 1 aromatic carbocycles. The number of hydrogen-bond donors (Lipinski definition) is 1. The van der Waals surface area contributed by atoms with Crippen molar-refractivity contribution in [3.8, 4) is 0 Å². The number of likely N-dealkylation sites (tertiary alicyclic amines) is 1. The average molecular weight is 387 g/mol. The Hall–Kier alpha value is -1.39. The third-order valence-electron chi connectivity index (χ3n) is 6.58. The molecule has 0 bridgehead atoms. The minimum Gasteiger partial charge on any atom is -0.372 e. The van der Waals surface area contributed by atoms with Gasteiger partial charge in [0.2, 0.25) is 5.91 Å². The van der Waals surface area contributed by atoms with Crippen LogP contribution >= 0.6 is 0 Å². The van der Waals surface area contributed by atoms with Gasteiger partial charge < -0.3 is 15.0 Å². The van der Waals surface area contributed by atoms with Crippen LogP contribution in [0.1, 0.15) is 77.0 Å². The number of nitrogens with one attached hydrogen (secondary N) is 1. The number of rotatable bonds is 6. The molecule has 1 N–H and O–H groups in total. The Morgan fingerprint density at radius 3 is 2.61 bits per heavy atom. The number of benzene rings is 1. The number of hydrogen-bond acceptors (Lipinski definition) is 3. The molecule has 1 atom stereocenters. The molecule has 1 aromatic rings. The first-order chi connectivity index (χ1) is 13.3. The second kappa shape index (κ2) is 8.96. The Morgan fingerprint density at radius 2 is 1.93 bits per heavy atom. The topological polar surface area (TPSA) is 41.6 Å². The van der Waals surface area contributed by atoms with Crippen LogP contribution in [0.5, 0.6) is 0 Å². The monoisotopic (exact) mass is 386 g/mol. The molecular formula is C24H38N2O2. The number of fused-ring (bicyclic) bond motifs is 2. The van der Waals surface area contributed by atoms with Gasteiger partial charge in [-0.15, -0.1) is 0 Å². The van der Waals surface area contributed by atoms with Crippen molar-refractivity contribution in [1.82, 2.24) is 10.2 Å². The molecule has 0 unspecified atom stereocenters. The summed E-state index contributed by atoms with van der Waals surface area (Å²) in [6.07, 6.45) is 5.90. The molecule has 1 spiro atoms. The number of amides is 1. The van der Waals surface area contributed by atoms with Gasteiger partial charge >= 0.3 is 0 Å². The molecule has 28 heavy (non-hydrogen) atoms. The summed E-state index contributed by atoms with van der Waals surface area (Å²) in [5.41, 5.74) is 3.48. The highest BCUT2D eigenvalue weighted by Crippen LogP contribution is 2.48. The van der Waals surface area contributed by atoms with E-state index in [1.165, 1.54) is 50.0 Å². The maximum Gasteiger partial charge on any atom is 0.246 e. The van der Waals surface area contributed by atoms with Gasteiger partial charge in [0.25, 0.3) is 0 Å². The smallest absolute Gasteiger partial charge is 0.246 e. The molecule has 1 heterocycles. The standard InChI is InChI=1S/C24H38N2O2/c1-5-28-18-22(27)25-21-10-11-24(20-9-7-6-8-19(20)21)13-16-26(17-14-24)15-12-23(2,3)4/h6-9,21H,5,10-18H2,1-4H3,(H,25,27)/t21-/m0/s1. The summed E-state index contributed by atoms with van der Waals surface area (Å²) in [7, 11) is 0. The van der Waals surface area contributed by atoms with Gasteiger partial charge in [-0.25, -0.2) is 0 Å². The van der Waals surface area contributed by atoms with E-state index in [0.29, 0.717) is 12.0 Å². The first-order valence-corrected chi connectivity index (χ1v) is 11.0. The van der Waals surface area contributed by atoms with Crippen molar-refractivity contribution in [2.45, 2.75) is 71.3 Å². The van der Waals surface area contributed by atoms with Gasteiger partial charge in [-0.1, -0.05) is 45.0 Å². The maximum atomic E-state index is 12.2. The predicted octanol–water partition coefficient (Wildman–Crippen LogP) is 4.44. The van der Waals surface area contributed by atoms with E-state index in [9.17, 15) is 4.79 Å². The average Bonchev–Trinajstić information content (AvgIpc) is 2.68. The molecule has 1 amide bonds. The van der Waals surface area contributed by atoms with Crippen LogP contribution in [0, 0.1) is 5.41 Å². The van der Waals surface area contributed by atoms with Crippen molar-refractivity contribution in [2.75, 3.05) is 32.8 Å². The predicted molar refractivity (Wildman–Crippen MR) is 114 cm³/mol. The van der Waals surface area contributed by atoms with E-state index >= 15 is 0 Å². The van der Waals surface area contributed by atoms with Crippen molar-refractivity contribution in [3.63, 3.8) is 0 Å². The Labute approximate surface area is 171 Å². The molecule has 156 valence electrons. The summed E-state index contributed by atoms with van der Waals surface area (Å²) < 4.78 is 5.28. The molecule has 0 radical (unpaired) electrons. The summed E-state index contributed by atoms with van der Waals surface area (Å²) in [5.74, 6) is -0.00500. The minimum atomic E-state index is -0.00500. The van der Waals surface area contributed by atoms with Crippen LogP contribution < -0.4 is 5.32 Å². The highest BCUT2D eigenvalue weighted by molar-refractivity contribution is 5.77. The van der Waals surface area contributed by atoms with Gasteiger partial charge in [-0.3, -0.25) is 4.79 Å². The number of nitrogens with zero attached hydrogens (tertiary/aromatic N) is 1. The third-order valence-corrected chi connectivity index (χ3v) is 6.58. The Bertz CT molecular complexity index is 657. The van der Waals surface area contributed by atoms with Crippen LogP contribution in [-0.2, 0) is 14.9 Å². The summed E-state index contributed by atoms with van der Waals surface area (Å²) in [6, 6.07) is 8.91. The second-order valence-corrected chi connectivity index (χ2v) is 9.82. The zero-order valence-corrected chi connectivity index (χ0v) is 18.2. The SMILES string of the molecule is CCOCC(=O)N[C@H]1CCC2(CCN(CCC(C)(C)C)CC2)c2ccccc21. The number of carbonyl (C=O) groups is 1. The van der Waals surface area contributed by atoms with Gasteiger partial charge in [0.1, 0.15) is 6.61 Å². The fraction of sp³-hybridized carbons (Fsp3) is 0.708. The Balaban J connectivity index is 1.67. The summed E-state index contributed by atoms with van der Waals surface area (Å²) in [4.78, 5) is 14.8. The van der Waals surface area contributed by atoms with Crippen LogP contribution in [0.25, 0.3) is 0 Å². The van der Waals surface area contributed by atoms with E-state index in [-0.39, 0.29) is 24.0 Å². The molecule has 0 aromatic heterocycles. The fourth-order valence-corrected chi connectivity index (χ4v) is 4.79. The Kier molecular flexibility index (Phi) is 6.82. The van der Waals surface area contributed by atoms with E-state index in [4.69, 9.17) is 4.74 Å². The third kappa shape index (κ3) is 5.15. The molecule has 1 fully saturated rings. The lowest BCUT2D eigenvalue weighted by molar-refractivity contribution is -0.126. The maximum absolute atomic E-state index is 12.2. The van der Waals surface area contributed by atoms with E-state index in [2.05, 4.69) is 55.3 Å². The molecule has 1 aliphatic carbocycles. The van der Waals surface area contributed by atoms with Crippen LogP contribution in [0.4, 0.5) is 0 Å². The zero-order valence-electron chi connectivity index (χ0n) is 18.2. The number of ether oxygens (including phenoxy) is 1. The Morgan fingerprint density at radius 1 is 1.21 bits per heavy atom. The molecule has 1 aliphatic heterocycles. The zero-order chi connectivity index (χ0) is 20.2. The van der Waals surface area contributed by atoms with Crippen LogP contribution in [0.2, 0.25) is 0 Å². The van der Waals surface area contributed by atoms with E-state index in [1.807, 2.05) is 6.92 Å². The quantitative estimate of drug-likeness (QED) is 0.786. The van der Waals surface area contributed by atoms with E-state index in [0.717, 1.165) is 12.8 Å². The highest BCUT2D eigenvalue weighted by Gasteiger charge is 2.42. The largest absolute Gasteiger partial charge is 0.372 e. The molecule has 3 rings (SSSR count). The molecule has 1 saturated heterocycles. The van der Waals surface area contributed by atoms with Crippen LogP contribution in [0.3, 0.4) is 0 Å². The second-order valence-electron chi connectivity index (χ2n) is 9.82. The summed E-state index contributed by atoms with van der Waals surface area (Å²) in [5, 5.41) is 3.20. The van der Waals surface area contributed by atoms with Crippen molar-refractivity contribution < 1.29 is 9.53 Å². The minimum absolute atomic E-state index is 0.00500. The first kappa shape index (κ1) is 21.3. The van der Waals surface area contributed by atoms with Crippen molar-refractivity contribution in [3.05, 3.63) is 35.4 Å². The normalized spacial score (nSPS) is 22.1. The molecule has 2 aliphatic rings. The van der Waals surface area contributed by atoms with E-state index < -0.39 is 0 Å². The number of piperidine rings is 1. The summed E-state index contributed by atoms with van der Waals surface area (Å²) >= 11 is 0. The van der Waals surface area contributed by atoms with Gasteiger partial charge in [-0.05, 0) is 80.6 Å². The lowest BCUT2D eigenvalue weighted by atomic mass is 9.63. The van der Waals surface area contributed by atoms with Gasteiger partial charge in [0.15, 0.2) is 0 Å². The highest BCUT2D eigenvalue weighted by atomic mass is 16.5. The van der Waals surface area contributed by atoms with Crippen LogP contribution in [-0.4, -0.2) is 43.7 Å². The number of carbonyl (C=O) groups excluding carboxylic acids is 1. The lowest BCUT2D eigenvalue weighted by Gasteiger charge is -2.47. The summed E-state index contributed by atoms with van der Waals surface area (Å²) in [6.45, 7) is 13.2. The molecule has 4 heteroatoms. The van der Waals surface area contributed by atoms with Gasteiger partial charge in [0.05, 0.1) is 6.04 Å². The van der Waals surface area contributed by atoms with Gasteiger partial charge in [0, 0.05) is 6.61 Å². The first-order valence-electron chi connectivity index (χ1n) is 11.0. The fourth-order valence-electron chi connectivity index (χ4n) is 4.79. The molecule has 0 saturated carbocycles. The molecule has 4 nitrogen and oxygen atoms in total. The van der Waals surface area contributed by atoms with Gasteiger partial charge in [-0.2, -0.15) is 0 Å².